The molecule has 2 N–H and O–H groups in total. The number of Topliss-reactive ketones (excluding diaryl/α,β-unsaturated/α-hetero) is 1. The highest BCUT2D eigenvalue weighted by Gasteiger charge is 2.33. The molecule has 0 saturated heterocycles. The van der Waals surface area contributed by atoms with Crippen molar-refractivity contribution >= 4 is 11.8 Å². The van der Waals surface area contributed by atoms with Crippen LogP contribution in [0.1, 0.15) is 64.7 Å². The highest BCUT2D eigenvalue weighted by molar-refractivity contribution is 5.83. The van der Waals surface area contributed by atoms with Crippen molar-refractivity contribution in [2.45, 2.75) is 70.5 Å². The summed E-state index contributed by atoms with van der Waals surface area (Å²) in [5.41, 5.74) is 2.82. The normalized spacial score (nSPS) is 17.6. The standard InChI is InChI=1S/C29H40O7/c1-3-4-5-10-20-35-24-14-12-15-25(22-24)36-21-11-8-13-23-17-18-27(30)26(23)16-7-6-9-19-29(32,33)28(31)34-2/h7-9,12-15,22-23,26,32-33H,3-5,10-11,16-21H2,1-2H3/b13-8+/t6?,23-,26+/m0/s1. The van der Waals surface area contributed by atoms with E-state index in [1.54, 1.807) is 6.08 Å². The second-order valence-corrected chi connectivity index (χ2v) is 9.05. The van der Waals surface area contributed by atoms with Crippen molar-refractivity contribution < 1.29 is 34.0 Å². The number of esters is 1. The van der Waals surface area contributed by atoms with E-state index in [9.17, 15) is 19.8 Å². The van der Waals surface area contributed by atoms with Gasteiger partial charge in [-0.15, -0.1) is 5.73 Å². The third-order valence-corrected chi connectivity index (χ3v) is 6.17. The summed E-state index contributed by atoms with van der Waals surface area (Å²) in [4.78, 5) is 23.6. The third-order valence-electron chi connectivity index (χ3n) is 6.17. The summed E-state index contributed by atoms with van der Waals surface area (Å²) in [5.74, 6) is -1.84. The molecule has 0 spiro atoms. The van der Waals surface area contributed by atoms with Crippen LogP contribution in [0.5, 0.6) is 11.5 Å². The topological polar surface area (TPSA) is 102 Å². The highest BCUT2D eigenvalue weighted by Crippen LogP contribution is 2.32. The minimum Gasteiger partial charge on any atom is -0.493 e. The number of ketones is 1. The summed E-state index contributed by atoms with van der Waals surface area (Å²) in [5, 5.41) is 19.2. The third kappa shape index (κ3) is 10.4. The van der Waals surface area contributed by atoms with Crippen LogP contribution in [0.25, 0.3) is 0 Å². The summed E-state index contributed by atoms with van der Waals surface area (Å²) in [6, 6.07) is 7.70. The van der Waals surface area contributed by atoms with E-state index < -0.39 is 11.8 Å². The van der Waals surface area contributed by atoms with E-state index in [4.69, 9.17) is 9.47 Å². The quantitative estimate of drug-likeness (QED) is 0.109. The van der Waals surface area contributed by atoms with Crippen molar-refractivity contribution in [3.8, 4) is 11.5 Å². The van der Waals surface area contributed by atoms with Crippen molar-refractivity contribution in [1.82, 2.24) is 0 Å². The van der Waals surface area contributed by atoms with Gasteiger partial charge in [-0.05, 0) is 55.9 Å². The number of carbonyl (C=O) groups is 2. The summed E-state index contributed by atoms with van der Waals surface area (Å²) in [7, 11) is 1.08. The van der Waals surface area contributed by atoms with Gasteiger partial charge < -0.3 is 24.4 Å². The number of hydrogen-bond acceptors (Lipinski definition) is 7. The number of aliphatic hydroxyl groups is 2. The lowest BCUT2D eigenvalue weighted by Crippen LogP contribution is -2.38. The van der Waals surface area contributed by atoms with Crippen LogP contribution in [0.4, 0.5) is 0 Å². The van der Waals surface area contributed by atoms with Gasteiger partial charge in [0.2, 0.25) is 0 Å². The van der Waals surface area contributed by atoms with Gasteiger partial charge in [0, 0.05) is 24.8 Å². The number of unbranched alkanes of at least 4 members (excludes halogenated alkanes) is 3. The van der Waals surface area contributed by atoms with Crippen LogP contribution in [0.15, 0.2) is 54.3 Å². The van der Waals surface area contributed by atoms with Gasteiger partial charge in [0.05, 0.1) is 20.3 Å². The molecule has 0 radical (unpaired) electrons. The SMILES string of the molecule is CCCCCCOc1cccc(OCC/C=C/[C@H]2CCC(=O)[C@@H]2CC=C=CCC(O)(O)C(=O)OC)c1. The van der Waals surface area contributed by atoms with Crippen LogP contribution >= 0.6 is 0 Å². The Morgan fingerprint density at radius 3 is 2.61 bits per heavy atom. The Labute approximate surface area is 214 Å². The Hall–Kier alpha value is -2.86. The van der Waals surface area contributed by atoms with Gasteiger partial charge in [-0.3, -0.25) is 4.79 Å². The smallest absolute Gasteiger partial charge is 0.366 e. The average Bonchev–Trinajstić information content (AvgIpc) is 3.22. The molecule has 36 heavy (non-hydrogen) atoms. The maximum atomic E-state index is 12.3. The van der Waals surface area contributed by atoms with E-state index in [0.29, 0.717) is 19.4 Å². The lowest BCUT2D eigenvalue weighted by atomic mass is 9.91. The Morgan fingerprint density at radius 1 is 1.14 bits per heavy atom. The minimum atomic E-state index is -2.57. The fourth-order valence-corrected chi connectivity index (χ4v) is 4.09. The maximum absolute atomic E-state index is 12.3. The van der Waals surface area contributed by atoms with Gasteiger partial charge in [0.1, 0.15) is 17.3 Å². The zero-order valence-corrected chi connectivity index (χ0v) is 21.5. The number of ether oxygens (including phenoxy) is 3. The molecule has 2 atom stereocenters. The molecule has 1 fully saturated rings. The van der Waals surface area contributed by atoms with E-state index in [0.717, 1.165) is 44.5 Å². The van der Waals surface area contributed by atoms with Crippen LogP contribution in [-0.4, -0.2) is 48.1 Å². The van der Waals surface area contributed by atoms with E-state index >= 15 is 0 Å². The number of allylic oxidation sites excluding steroid dienone is 1. The van der Waals surface area contributed by atoms with Crippen molar-refractivity contribution in [2.24, 2.45) is 11.8 Å². The molecule has 1 aromatic rings. The lowest BCUT2D eigenvalue weighted by molar-refractivity contribution is -0.205. The first-order chi connectivity index (χ1) is 17.4. The number of rotatable bonds is 16. The summed E-state index contributed by atoms with van der Waals surface area (Å²) < 4.78 is 16.0. The molecule has 7 nitrogen and oxygen atoms in total. The lowest BCUT2D eigenvalue weighted by Gasteiger charge is -2.15. The number of carbonyl (C=O) groups excluding carboxylic acids is 2. The molecule has 0 amide bonds. The zero-order chi connectivity index (χ0) is 26.2. The molecule has 2 rings (SSSR count). The van der Waals surface area contributed by atoms with Crippen LogP contribution in [0.2, 0.25) is 0 Å². The first-order valence-electron chi connectivity index (χ1n) is 12.8. The van der Waals surface area contributed by atoms with Gasteiger partial charge in [-0.25, -0.2) is 4.79 Å². The summed E-state index contributed by atoms with van der Waals surface area (Å²) >= 11 is 0. The molecular weight excluding hydrogens is 460 g/mol. The van der Waals surface area contributed by atoms with Crippen LogP contribution < -0.4 is 9.47 Å². The molecule has 1 saturated carbocycles. The molecule has 0 aromatic heterocycles. The zero-order valence-electron chi connectivity index (χ0n) is 21.5. The van der Waals surface area contributed by atoms with Gasteiger partial charge >= 0.3 is 5.97 Å². The fraction of sp³-hybridized carbons (Fsp3) is 0.552. The first kappa shape index (κ1) is 29.4. The second kappa shape index (κ2) is 16.0. The molecular formula is C29H40O7. The largest absolute Gasteiger partial charge is 0.493 e. The minimum absolute atomic E-state index is 0.122. The number of methoxy groups -OCH3 is 1. The molecule has 1 aliphatic carbocycles. The molecule has 0 aliphatic heterocycles. The van der Waals surface area contributed by atoms with E-state index in [1.165, 1.54) is 25.3 Å². The Morgan fingerprint density at radius 2 is 1.89 bits per heavy atom. The molecule has 1 aliphatic rings. The summed E-state index contributed by atoms with van der Waals surface area (Å²) in [6.07, 6.45) is 14.2. The van der Waals surface area contributed by atoms with Crippen molar-refractivity contribution in [3.05, 3.63) is 54.3 Å². The monoisotopic (exact) mass is 500 g/mol. The van der Waals surface area contributed by atoms with Gasteiger partial charge in [-0.1, -0.05) is 44.4 Å². The van der Waals surface area contributed by atoms with Gasteiger partial charge in [0.15, 0.2) is 0 Å². The molecule has 7 heteroatoms. The van der Waals surface area contributed by atoms with Crippen LogP contribution in [-0.2, 0) is 14.3 Å². The van der Waals surface area contributed by atoms with Crippen molar-refractivity contribution in [2.75, 3.05) is 20.3 Å². The Kier molecular flexibility index (Phi) is 13.1. The molecule has 0 heterocycles. The highest BCUT2D eigenvalue weighted by atomic mass is 16.6. The first-order valence-corrected chi connectivity index (χ1v) is 12.8. The number of benzene rings is 1. The van der Waals surface area contributed by atoms with E-state index in [2.05, 4.69) is 29.5 Å². The molecule has 0 unspecified atom stereocenters. The predicted octanol–water partition coefficient (Wildman–Crippen LogP) is 4.91. The molecule has 0 bridgehead atoms. The predicted molar refractivity (Wildman–Crippen MR) is 138 cm³/mol. The van der Waals surface area contributed by atoms with Crippen molar-refractivity contribution in [1.29, 1.82) is 0 Å². The van der Waals surface area contributed by atoms with Crippen LogP contribution in [0.3, 0.4) is 0 Å². The average molecular weight is 501 g/mol. The van der Waals surface area contributed by atoms with Gasteiger partial charge in [0.25, 0.3) is 5.79 Å². The van der Waals surface area contributed by atoms with E-state index in [1.807, 2.05) is 24.3 Å². The van der Waals surface area contributed by atoms with Crippen molar-refractivity contribution in [3.63, 3.8) is 0 Å². The summed E-state index contributed by atoms with van der Waals surface area (Å²) in [6.45, 7) is 3.45. The Balaban J connectivity index is 1.74. The molecule has 1 aromatic carbocycles. The van der Waals surface area contributed by atoms with Crippen LogP contribution in [0, 0.1) is 11.8 Å². The van der Waals surface area contributed by atoms with E-state index in [-0.39, 0.29) is 24.0 Å². The number of hydrogen-bond donors (Lipinski definition) is 2. The maximum Gasteiger partial charge on any atom is 0.366 e. The second-order valence-electron chi connectivity index (χ2n) is 9.05. The molecule has 198 valence electrons. The van der Waals surface area contributed by atoms with Gasteiger partial charge in [-0.2, -0.15) is 0 Å². The Bertz CT molecular complexity index is 912. The fourth-order valence-electron chi connectivity index (χ4n) is 4.09.